The average Bonchev–Trinajstić information content (AvgIpc) is 3.08. The summed E-state index contributed by atoms with van der Waals surface area (Å²) in [5.41, 5.74) is 1.56. The molecule has 8 heteroatoms. The number of hydrogen-bond acceptors (Lipinski definition) is 6. The minimum atomic E-state index is -1.02. The van der Waals surface area contributed by atoms with E-state index < -0.39 is 5.97 Å². The first kappa shape index (κ1) is 18.2. The molecule has 2 heterocycles. The molecule has 1 saturated heterocycles. The van der Waals surface area contributed by atoms with E-state index in [4.69, 9.17) is 14.3 Å². The Labute approximate surface area is 151 Å². The SMILES string of the molecule is COCCN(CC(=O)O)C(=O)C1CCN(c2nc3ccccc3o2)CC1. The Kier molecular flexibility index (Phi) is 5.72. The summed E-state index contributed by atoms with van der Waals surface area (Å²) >= 11 is 0. The maximum Gasteiger partial charge on any atom is 0.323 e. The molecule has 1 aromatic heterocycles. The van der Waals surface area contributed by atoms with E-state index in [1.54, 1.807) is 0 Å². The summed E-state index contributed by atoms with van der Waals surface area (Å²) in [7, 11) is 1.53. The second kappa shape index (κ2) is 8.18. The molecule has 0 aliphatic carbocycles. The van der Waals surface area contributed by atoms with Crippen LogP contribution in [0.4, 0.5) is 6.01 Å². The number of rotatable bonds is 7. The van der Waals surface area contributed by atoms with Gasteiger partial charge < -0.3 is 24.1 Å². The number of nitrogens with zero attached hydrogens (tertiary/aromatic N) is 3. The summed E-state index contributed by atoms with van der Waals surface area (Å²) in [6.07, 6.45) is 1.28. The van der Waals surface area contributed by atoms with Crippen molar-refractivity contribution in [3.63, 3.8) is 0 Å². The van der Waals surface area contributed by atoms with E-state index in [1.165, 1.54) is 12.0 Å². The minimum Gasteiger partial charge on any atom is -0.480 e. The predicted molar refractivity (Wildman–Crippen MR) is 95.0 cm³/mol. The molecule has 1 aromatic carbocycles. The summed E-state index contributed by atoms with van der Waals surface area (Å²) < 4.78 is 10.8. The van der Waals surface area contributed by atoms with Crippen LogP contribution in [0.15, 0.2) is 28.7 Å². The molecule has 26 heavy (non-hydrogen) atoms. The van der Waals surface area contributed by atoms with Crippen LogP contribution >= 0.6 is 0 Å². The molecule has 140 valence electrons. The van der Waals surface area contributed by atoms with Gasteiger partial charge in [0.05, 0.1) is 6.61 Å². The van der Waals surface area contributed by atoms with Crippen LogP contribution in [0.5, 0.6) is 0 Å². The highest BCUT2D eigenvalue weighted by atomic mass is 16.5. The number of carboxylic acids is 1. The first-order valence-corrected chi connectivity index (χ1v) is 8.68. The largest absolute Gasteiger partial charge is 0.480 e. The van der Waals surface area contributed by atoms with Gasteiger partial charge in [-0.1, -0.05) is 12.1 Å². The van der Waals surface area contributed by atoms with E-state index in [2.05, 4.69) is 4.98 Å². The number of ether oxygens (including phenoxy) is 1. The number of oxazole rings is 1. The van der Waals surface area contributed by atoms with Crippen molar-refractivity contribution in [3.05, 3.63) is 24.3 Å². The van der Waals surface area contributed by atoms with Gasteiger partial charge in [-0.05, 0) is 25.0 Å². The molecule has 1 fully saturated rings. The molecule has 0 spiro atoms. The molecule has 3 rings (SSSR count). The van der Waals surface area contributed by atoms with E-state index >= 15 is 0 Å². The molecule has 0 radical (unpaired) electrons. The summed E-state index contributed by atoms with van der Waals surface area (Å²) in [4.78, 5) is 31.6. The van der Waals surface area contributed by atoms with Crippen molar-refractivity contribution in [2.75, 3.05) is 44.8 Å². The van der Waals surface area contributed by atoms with E-state index in [0.717, 1.165) is 11.1 Å². The maximum absolute atomic E-state index is 12.7. The maximum atomic E-state index is 12.7. The molecule has 1 aliphatic rings. The number of anilines is 1. The van der Waals surface area contributed by atoms with Crippen LogP contribution in [-0.4, -0.2) is 66.8 Å². The van der Waals surface area contributed by atoms with Gasteiger partial charge in [0.1, 0.15) is 12.1 Å². The normalized spacial score (nSPS) is 15.3. The number of amides is 1. The highest BCUT2D eigenvalue weighted by Gasteiger charge is 2.30. The summed E-state index contributed by atoms with van der Waals surface area (Å²) in [6, 6.07) is 8.16. The first-order chi connectivity index (χ1) is 12.6. The van der Waals surface area contributed by atoms with Crippen molar-refractivity contribution < 1.29 is 23.8 Å². The van der Waals surface area contributed by atoms with Gasteiger partial charge >= 0.3 is 5.97 Å². The second-order valence-electron chi connectivity index (χ2n) is 6.37. The van der Waals surface area contributed by atoms with Gasteiger partial charge in [-0.3, -0.25) is 9.59 Å². The molecule has 0 bridgehead atoms. The van der Waals surface area contributed by atoms with Crippen molar-refractivity contribution in [2.24, 2.45) is 5.92 Å². The lowest BCUT2D eigenvalue weighted by Gasteiger charge is -2.33. The van der Waals surface area contributed by atoms with Gasteiger partial charge in [0.2, 0.25) is 5.91 Å². The van der Waals surface area contributed by atoms with Crippen LogP contribution < -0.4 is 4.90 Å². The summed E-state index contributed by atoms with van der Waals surface area (Å²) in [5, 5.41) is 9.03. The predicted octanol–water partition coefficient (Wildman–Crippen LogP) is 1.60. The van der Waals surface area contributed by atoms with Crippen LogP contribution in [0.2, 0.25) is 0 Å². The first-order valence-electron chi connectivity index (χ1n) is 8.68. The summed E-state index contributed by atoms with van der Waals surface area (Å²) in [5.74, 6) is -1.33. The molecule has 8 nitrogen and oxygen atoms in total. The molecule has 2 aromatic rings. The lowest BCUT2D eigenvalue weighted by atomic mass is 9.95. The lowest BCUT2D eigenvalue weighted by molar-refractivity contribution is -0.147. The van der Waals surface area contributed by atoms with E-state index in [9.17, 15) is 9.59 Å². The molecule has 1 amide bonds. The number of hydrogen-bond donors (Lipinski definition) is 1. The van der Waals surface area contributed by atoms with Gasteiger partial charge in [0.25, 0.3) is 6.01 Å². The Morgan fingerprint density at radius 2 is 2.08 bits per heavy atom. The quantitative estimate of drug-likeness (QED) is 0.800. The number of carbonyl (C=O) groups is 2. The zero-order chi connectivity index (χ0) is 18.5. The molecule has 1 aliphatic heterocycles. The van der Waals surface area contributed by atoms with Crippen LogP contribution in [0.3, 0.4) is 0 Å². The third-order valence-corrected chi connectivity index (χ3v) is 4.60. The number of aliphatic carboxylic acids is 1. The molecule has 0 unspecified atom stereocenters. The Morgan fingerprint density at radius 1 is 1.35 bits per heavy atom. The van der Waals surface area contributed by atoms with Crippen molar-refractivity contribution in [1.82, 2.24) is 9.88 Å². The van der Waals surface area contributed by atoms with E-state index in [1.807, 2.05) is 29.2 Å². The zero-order valence-electron chi connectivity index (χ0n) is 14.8. The average molecular weight is 361 g/mol. The fraction of sp³-hybridized carbons (Fsp3) is 0.500. The van der Waals surface area contributed by atoms with E-state index in [0.29, 0.717) is 38.6 Å². The fourth-order valence-corrected chi connectivity index (χ4v) is 3.20. The molecule has 1 N–H and O–H groups in total. The topological polar surface area (TPSA) is 96.1 Å². The fourth-order valence-electron chi connectivity index (χ4n) is 3.20. The van der Waals surface area contributed by atoms with Crippen molar-refractivity contribution in [2.45, 2.75) is 12.8 Å². The van der Waals surface area contributed by atoms with Crippen molar-refractivity contribution >= 4 is 29.0 Å². The van der Waals surface area contributed by atoms with Crippen LogP contribution in [0, 0.1) is 5.92 Å². The number of fused-ring (bicyclic) bond motifs is 1. The van der Waals surface area contributed by atoms with Crippen molar-refractivity contribution in [1.29, 1.82) is 0 Å². The van der Waals surface area contributed by atoms with Crippen LogP contribution in [-0.2, 0) is 14.3 Å². The number of para-hydroxylation sites is 2. The Morgan fingerprint density at radius 3 is 2.73 bits per heavy atom. The molecule has 0 atom stereocenters. The standard InChI is InChI=1S/C18H23N3O5/c1-25-11-10-21(12-16(22)23)17(24)13-6-8-20(9-7-13)18-19-14-4-2-3-5-15(14)26-18/h2-5,13H,6-12H2,1H3,(H,22,23). The van der Waals surface area contributed by atoms with E-state index in [-0.39, 0.29) is 24.9 Å². The smallest absolute Gasteiger partial charge is 0.323 e. The third-order valence-electron chi connectivity index (χ3n) is 4.60. The molecular weight excluding hydrogens is 338 g/mol. The van der Waals surface area contributed by atoms with Gasteiger partial charge in [0, 0.05) is 32.7 Å². The number of benzene rings is 1. The highest BCUT2D eigenvalue weighted by molar-refractivity contribution is 5.83. The molecule has 0 saturated carbocycles. The molecular formula is C18H23N3O5. The van der Waals surface area contributed by atoms with Crippen LogP contribution in [0.1, 0.15) is 12.8 Å². The monoisotopic (exact) mass is 361 g/mol. The Bertz CT molecular complexity index is 734. The van der Waals surface area contributed by atoms with Gasteiger partial charge in [-0.15, -0.1) is 0 Å². The van der Waals surface area contributed by atoms with Crippen molar-refractivity contribution in [3.8, 4) is 0 Å². The lowest BCUT2D eigenvalue weighted by Crippen LogP contribution is -2.45. The number of aromatic nitrogens is 1. The van der Waals surface area contributed by atoms with Gasteiger partial charge in [0.15, 0.2) is 5.58 Å². The highest BCUT2D eigenvalue weighted by Crippen LogP contribution is 2.27. The van der Waals surface area contributed by atoms with Crippen LogP contribution in [0.25, 0.3) is 11.1 Å². The summed E-state index contributed by atoms with van der Waals surface area (Å²) in [6.45, 7) is 1.60. The van der Waals surface area contributed by atoms with Gasteiger partial charge in [-0.2, -0.15) is 4.98 Å². The van der Waals surface area contributed by atoms with Gasteiger partial charge in [-0.25, -0.2) is 0 Å². The number of carboxylic acid groups (broad SMARTS) is 1. The second-order valence-corrected chi connectivity index (χ2v) is 6.37. The number of carbonyl (C=O) groups excluding carboxylic acids is 1. The Balaban J connectivity index is 1.61. The minimum absolute atomic E-state index is 0.123. The number of piperidine rings is 1. The Hall–Kier alpha value is -2.61. The zero-order valence-corrected chi connectivity index (χ0v) is 14.8. The third kappa shape index (κ3) is 4.13. The number of methoxy groups -OCH3 is 1.